The number of piperidine rings is 2. The molecule has 2 heterocycles. The Balaban J connectivity index is 0.00000162. The van der Waals surface area contributed by atoms with E-state index < -0.39 is 5.97 Å². The maximum absolute atomic E-state index is 10.9. The summed E-state index contributed by atoms with van der Waals surface area (Å²) in [7, 11) is 0. The molecule has 0 aromatic carbocycles. The number of likely N-dealkylation sites (tertiary alicyclic amines) is 2. The highest BCUT2D eigenvalue weighted by Gasteiger charge is 2.30. The molecule has 0 radical (unpaired) electrons. The summed E-state index contributed by atoms with van der Waals surface area (Å²) in [5.74, 6) is -0.701. The van der Waals surface area contributed by atoms with E-state index in [2.05, 4.69) is 16.7 Å². The molecule has 2 rings (SSSR count). The minimum absolute atomic E-state index is 0. The van der Waals surface area contributed by atoms with Crippen LogP contribution in [0.15, 0.2) is 0 Å². The van der Waals surface area contributed by atoms with Crippen LogP contribution in [0.25, 0.3) is 0 Å². The molecule has 0 aromatic heterocycles. The van der Waals surface area contributed by atoms with Gasteiger partial charge in [0.1, 0.15) is 0 Å². The fraction of sp³-hybridized carbons (Fsp3) is 0.923. The summed E-state index contributed by atoms with van der Waals surface area (Å²) in [5.41, 5.74) is 0. The number of aliphatic carboxylic acids is 1. The molecule has 2 saturated heterocycles. The first-order chi connectivity index (χ1) is 8.20. The van der Waals surface area contributed by atoms with Crippen LogP contribution >= 0.6 is 24.8 Å². The Hall–Kier alpha value is -0.0300. The lowest BCUT2D eigenvalue weighted by molar-refractivity contribution is -0.143. The van der Waals surface area contributed by atoms with Gasteiger partial charge in [-0.25, -0.2) is 0 Å². The molecule has 0 spiro atoms. The van der Waals surface area contributed by atoms with Gasteiger partial charge in [-0.3, -0.25) is 4.79 Å². The van der Waals surface area contributed by atoms with E-state index in [1.165, 1.54) is 25.9 Å². The Kier molecular flexibility index (Phi) is 8.99. The fourth-order valence-corrected chi connectivity index (χ4v) is 3.11. The zero-order valence-electron chi connectivity index (χ0n) is 11.6. The highest BCUT2D eigenvalue weighted by Crippen LogP contribution is 2.23. The van der Waals surface area contributed by atoms with Gasteiger partial charge in [-0.2, -0.15) is 0 Å². The van der Waals surface area contributed by atoms with E-state index in [0.29, 0.717) is 6.04 Å². The van der Waals surface area contributed by atoms with Gasteiger partial charge in [0.25, 0.3) is 0 Å². The normalized spacial score (nSPS) is 23.4. The maximum atomic E-state index is 10.9. The third kappa shape index (κ3) is 5.10. The fourth-order valence-electron chi connectivity index (χ4n) is 3.11. The molecule has 1 N–H and O–H groups in total. The number of rotatable bonds is 3. The van der Waals surface area contributed by atoms with Gasteiger partial charge in [-0.05, 0) is 58.4 Å². The number of carbonyl (C=O) groups is 1. The molecule has 0 atom stereocenters. The highest BCUT2D eigenvalue weighted by molar-refractivity contribution is 5.85. The summed E-state index contributed by atoms with van der Waals surface area (Å²) in [5, 5.41) is 8.98. The summed E-state index contributed by atoms with van der Waals surface area (Å²) in [6, 6.07) is 0.701. The highest BCUT2D eigenvalue weighted by atomic mass is 35.5. The van der Waals surface area contributed by atoms with Crippen molar-refractivity contribution in [3.63, 3.8) is 0 Å². The summed E-state index contributed by atoms with van der Waals surface area (Å²) in [6.45, 7) is 7.76. The van der Waals surface area contributed by atoms with Crippen molar-refractivity contribution in [1.82, 2.24) is 9.80 Å². The average Bonchev–Trinajstić information content (AvgIpc) is 2.39. The van der Waals surface area contributed by atoms with Gasteiger partial charge >= 0.3 is 5.97 Å². The zero-order chi connectivity index (χ0) is 12.3. The van der Waals surface area contributed by atoms with Crippen molar-refractivity contribution in [1.29, 1.82) is 0 Å². The smallest absolute Gasteiger partial charge is 0.306 e. The first-order valence-corrected chi connectivity index (χ1v) is 6.90. The summed E-state index contributed by atoms with van der Waals surface area (Å²) < 4.78 is 0. The molecule has 2 aliphatic heterocycles. The lowest BCUT2D eigenvalue weighted by atomic mass is 9.93. The van der Waals surface area contributed by atoms with E-state index >= 15 is 0 Å². The number of halogens is 2. The van der Waals surface area contributed by atoms with Crippen LogP contribution in [-0.2, 0) is 4.79 Å². The Bertz CT molecular complexity index is 263. The molecule has 2 fully saturated rings. The summed E-state index contributed by atoms with van der Waals surface area (Å²) >= 11 is 0. The number of carboxylic acid groups (broad SMARTS) is 1. The number of nitrogens with zero attached hydrogens (tertiary/aromatic N) is 2. The number of hydrogen-bond acceptors (Lipinski definition) is 3. The van der Waals surface area contributed by atoms with Gasteiger partial charge < -0.3 is 14.9 Å². The standard InChI is InChI=1S/C13H24N2O2.2ClH/c1-2-14-7-5-12(6-8-14)15-9-3-11(4-10-15)13(16)17;;/h11-12H,2-10H2,1H3,(H,16,17);2*1H. The Labute approximate surface area is 128 Å². The van der Waals surface area contributed by atoms with Crippen LogP contribution in [0.3, 0.4) is 0 Å². The molecule has 0 saturated carbocycles. The van der Waals surface area contributed by atoms with Gasteiger partial charge in [0, 0.05) is 6.04 Å². The van der Waals surface area contributed by atoms with E-state index in [1.54, 1.807) is 0 Å². The van der Waals surface area contributed by atoms with Crippen molar-refractivity contribution in [2.75, 3.05) is 32.7 Å². The van der Waals surface area contributed by atoms with Gasteiger partial charge in [-0.15, -0.1) is 24.8 Å². The van der Waals surface area contributed by atoms with E-state index in [-0.39, 0.29) is 30.7 Å². The van der Waals surface area contributed by atoms with Gasteiger partial charge in [0.15, 0.2) is 0 Å². The van der Waals surface area contributed by atoms with E-state index in [1.807, 2.05) is 0 Å². The van der Waals surface area contributed by atoms with Crippen LogP contribution in [0.2, 0.25) is 0 Å². The van der Waals surface area contributed by atoms with Crippen molar-refractivity contribution < 1.29 is 9.90 Å². The topological polar surface area (TPSA) is 43.8 Å². The minimum Gasteiger partial charge on any atom is -0.481 e. The molecule has 0 bridgehead atoms. The summed E-state index contributed by atoms with van der Waals surface area (Å²) in [6.07, 6.45) is 4.18. The Morgan fingerprint density at radius 1 is 1.05 bits per heavy atom. The first-order valence-electron chi connectivity index (χ1n) is 6.90. The molecular formula is C13H26Cl2N2O2. The SMILES string of the molecule is CCN1CCC(N2CCC(C(=O)O)CC2)CC1.Cl.Cl. The second kappa shape index (κ2) is 9.01. The molecule has 6 heteroatoms. The second-order valence-electron chi connectivity index (χ2n) is 5.31. The number of carboxylic acids is 1. The predicted molar refractivity (Wildman–Crippen MR) is 81.6 cm³/mol. The molecule has 0 amide bonds. The third-order valence-corrected chi connectivity index (χ3v) is 4.40. The Morgan fingerprint density at radius 3 is 2.00 bits per heavy atom. The molecule has 0 aliphatic carbocycles. The lowest BCUT2D eigenvalue weighted by Gasteiger charge is -2.41. The van der Waals surface area contributed by atoms with E-state index in [9.17, 15) is 4.79 Å². The van der Waals surface area contributed by atoms with Crippen molar-refractivity contribution in [2.24, 2.45) is 5.92 Å². The molecule has 0 aromatic rings. The van der Waals surface area contributed by atoms with Crippen molar-refractivity contribution in [3.8, 4) is 0 Å². The predicted octanol–water partition coefficient (Wildman–Crippen LogP) is 2.11. The zero-order valence-corrected chi connectivity index (χ0v) is 13.2. The van der Waals surface area contributed by atoms with Crippen LogP contribution in [-0.4, -0.2) is 59.6 Å². The van der Waals surface area contributed by atoms with E-state index in [0.717, 1.165) is 32.5 Å². The van der Waals surface area contributed by atoms with E-state index in [4.69, 9.17) is 5.11 Å². The average molecular weight is 313 g/mol. The molecule has 0 unspecified atom stereocenters. The minimum atomic E-state index is -0.606. The van der Waals surface area contributed by atoms with Crippen molar-refractivity contribution in [3.05, 3.63) is 0 Å². The lowest BCUT2D eigenvalue weighted by Crippen LogP contribution is -2.48. The van der Waals surface area contributed by atoms with Crippen LogP contribution in [0, 0.1) is 5.92 Å². The molecular weight excluding hydrogens is 287 g/mol. The van der Waals surface area contributed by atoms with Crippen LogP contribution in [0.4, 0.5) is 0 Å². The maximum Gasteiger partial charge on any atom is 0.306 e. The molecule has 19 heavy (non-hydrogen) atoms. The molecule has 114 valence electrons. The van der Waals surface area contributed by atoms with Gasteiger partial charge in [0.2, 0.25) is 0 Å². The largest absolute Gasteiger partial charge is 0.481 e. The van der Waals surface area contributed by atoms with Crippen molar-refractivity contribution in [2.45, 2.75) is 38.6 Å². The van der Waals surface area contributed by atoms with Crippen molar-refractivity contribution >= 4 is 30.8 Å². The third-order valence-electron chi connectivity index (χ3n) is 4.40. The van der Waals surface area contributed by atoms with Gasteiger partial charge in [0.05, 0.1) is 5.92 Å². The first kappa shape index (κ1) is 19.0. The van der Waals surface area contributed by atoms with Gasteiger partial charge in [-0.1, -0.05) is 6.92 Å². The van der Waals surface area contributed by atoms with Crippen LogP contribution < -0.4 is 0 Å². The summed E-state index contributed by atoms with van der Waals surface area (Å²) in [4.78, 5) is 15.9. The Morgan fingerprint density at radius 2 is 1.58 bits per heavy atom. The quantitative estimate of drug-likeness (QED) is 0.867. The molecule has 2 aliphatic rings. The second-order valence-corrected chi connectivity index (χ2v) is 5.31. The monoisotopic (exact) mass is 312 g/mol. The van der Waals surface area contributed by atoms with Crippen LogP contribution in [0.5, 0.6) is 0 Å². The van der Waals surface area contributed by atoms with Crippen LogP contribution in [0.1, 0.15) is 32.6 Å². The number of hydrogen-bond donors (Lipinski definition) is 1. The molecule has 4 nitrogen and oxygen atoms in total.